The van der Waals surface area contributed by atoms with Crippen LogP contribution in [-0.4, -0.2) is 63.0 Å². The molecule has 1 unspecified atom stereocenters. The lowest BCUT2D eigenvalue weighted by Crippen LogP contribution is -2.26. The molecule has 12 heteroatoms. The third-order valence-corrected chi connectivity index (χ3v) is 6.37. The van der Waals surface area contributed by atoms with Gasteiger partial charge in [0.2, 0.25) is 0 Å². The predicted octanol–water partition coefficient (Wildman–Crippen LogP) is 1.83. The number of anilines is 1. The molecule has 10 nitrogen and oxygen atoms in total. The number of aromatic nitrogens is 3. The van der Waals surface area contributed by atoms with Crippen LogP contribution in [0.2, 0.25) is 0 Å². The highest BCUT2D eigenvalue weighted by molar-refractivity contribution is 7.91. The van der Waals surface area contributed by atoms with Gasteiger partial charge in [0.1, 0.15) is 29.1 Å². The molecule has 2 atom stereocenters. The van der Waals surface area contributed by atoms with E-state index in [9.17, 15) is 18.5 Å². The topological polar surface area (TPSA) is 122 Å². The summed E-state index contributed by atoms with van der Waals surface area (Å²) in [5.41, 5.74) is 2.22. The van der Waals surface area contributed by atoms with Crippen LogP contribution in [-0.2, 0) is 33.7 Å². The average molecular weight is 463 g/mol. The van der Waals surface area contributed by atoms with Gasteiger partial charge < -0.3 is 19.3 Å². The van der Waals surface area contributed by atoms with Crippen LogP contribution in [0.25, 0.3) is 5.57 Å². The zero-order valence-electron chi connectivity index (χ0n) is 17.3. The molecule has 4 rings (SSSR count). The van der Waals surface area contributed by atoms with Gasteiger partial charge in [0.05, 0.1) is 38.6 Å². The van der Waals surface area contributed by atoms with Gasteiger partial charge in [-0.3, -0.25) is 4.90 Å². The minimum atomic E-state index is -0.880. The fourth-order valence-corrected chi connectivity index (χ4v) is 4.56. The molecule has 0 spiro atoms. The van der Waals surface area contributed by atoms with Crippen molar-refractivity contribution in [3.05, 3.63) is 47.5 Å². The van der Waals surface area contributed by atoms with Gasteiger partial charge >= 0.3 is 12.2 Å². The Balaban J connectivity index is 1.38. The Morgan fingerprint density at radius 2 is 2.31 bits per heavy atom. The van der Waals surface area contributed by atoms with Gasteiger partial charge in [0.15, 0.2) is 0 Å². The van der Waals surface area contributed by atoms with E-state index >= 15 is 0 Å². The van der Waals surface area contributed by atoms with E-state index < -0.39 is 35.3 Å². The second-order valence-corrected chi connectivity index (χ2v) is 8.97. The van der Waals surface area contributed by atoms with Crippen LogP contribution >= 0.6 is 0 Å². The van der Waals surface area contributed by atoms with Crippen LogP contribution in [0.3, 0.4) is 0 Å². The van der Waals surface area contributed by atoms with Crippen LogP contribution in [0, 0.1) is 5.82 Å². The number of benzene rings is 1. The van der Waals surface area contributed by atoms with Crippen molar-refractivity contribution in [3.63, 3.8) is 0 Å². The SMILES string of the molecule is COC(=O)NCc1cn(C[C@H]2CN(c3ccc(C4=CC[S+]([O-])CC4)c(F)c3)C(=O)O2)nn1. The molecule has 2 aromatic rings. The fraction of sp³-hybridized carbons (Fsp3) is 0.400. The maximum absolute atomic E-state index is 14.8. The molecule has 0 radical (unpaired) electrons. The van der Waals surface area contributed by atoms with Crippen molar-refractivity contribution in [2.24, 2.45) is 0 Å². The van der Waals surface area contributed by atoms with Gasteiger partial charge in [-0.05, 0) is 41.0 Å². The van der Waals surface area contributed by atoms with E-state index in [1.165, 1.54) is 22.8 Å². The number of ether oxygens (including phenoxy) is 2. The summed E-state index contributed by atoms with van der Waals surface area (Å²) in [5.74, 6) is 0.520. The molecule has 1 aromatic carbocycles. The number of amides is 2. The molecule has 1 aromatic heterocycles. The quantitative estimate of drug-likeness (QED) is 0.649. The molecule has 170 valence electrons. The fourth-order valence-electron chi connectivity index (χ4n) is 3.56. The number of hydrogen-bond acceptors (Lipinski definition) is 7. The summed E-state index contributed by atoms with van der Waals surface area (Å²) in [6.45, 7) is 0.647. The van der Waals surface area contributed by atoms with Gasteiger partial charge in [-0.25, -0.2) is 18.7 Å². The average Bonchev–Trinajstić information content (AvgIpc) is 3.38. The Morgan fingerprint density at radius 3 is 3.03 bits per heavy atom. The summed E-state index contributed by atoms with van der Waals surface area (Å²) in [4.78, 5) is 24.9. The summed E-state index contributed by atoms with van der Waals surface area (Å²) in [5, 5.41) is 10.4. The van der Waals surface area contributed by atoms with Crippen LogP contribution in [0.1, 0.15) is 17.7 Å². The molecule has 1 saturated heterocycles. The Bertz CT molecular complexity index is 1050. The number of rotatable bonds is 6. The first-order chi connectivity index (χ1) is 15.4. The van der Waals surface area contributed by atoms with Gasteiger partial charge in [-0.2, -0.15) is 0 Å². The van der Waals surface area contributed by atoms with Crippen LogP contribution in [0.4, 0.5) is 19.7 Å². The largest absolute Gasteiger partial charge is 0.616 e. The van der Waals surface area contributed by atoms with Crippen molar-refractivity contribution in [1.82, 2.24) is 20.3 Å². The summed E-state index contributed by atoms with van der Waals surface area (Å²) in [7, 11) is 1.27. The lowest BCUT2D eigenvalue weighted by atomic mass is 10.0. The number of halogens is 1. The van der Waals surface area contributed by atoms with Crippen molar-refractivity contribution in [1.29, 1.82) is 0 Å². The van der Waals surface area contributed by atoms with Crippen molar-refractivity contribution >= 4 is 34.6 Å². The lowest BCUT2D eigenvalue weighted by Gasteiger charge is -2.19. The van der Waals surface area contributed by atoms with Crippen molar-refractivity contribution < 1.29 is 28.0 Å². The number of cyclic esters (lactones) is 1. The van der Waals surface area contributed by atoms with Gasteiger partial charge in [0, 0.05) is 12.0 Å². The van der Waals surface area contributed by atoms with Gasteiger partial charge in [-0.15, -0.1) is 5.10 Å². The first kappa shape index (κ1) is 22.1. The highest BCUT2D eigenvalue weighted by Crippen LogP contribution is 2.30. The predicted molar refractivity (Wildman–Crippen MR) is 114 cm³/mol. The first-order valence-electron chi connectivity index (χ1n) is 9.96. The van der Waals surface area contributed by atoms with Gasteiger partial charge in [0.25, 0.3) is 0 Å². The van der Waals surface area contributed by atoms with E-state index in [0.29, 0.717) is 34.9 Å². The summed E-state index contributed by atoms with van der Waals surface area (Å²) in [6, 6.07) is 4.64. The number of nitrogens with one attached hydrogen (secondary N) is 1. The Labute approximate surface area is 186 Å². The molecular weight excluding hydrogens is 441 g/mol. The molecule has 32 heavy (non-hydrogen) atoms. The minimum Gasteiger partial charge on any atom is -0.616 e. The third-order valence-electron chi connectivity index (χ3n) is 5.18. The van der Waals surface area contributed by atoms with E-state index in [1.54, 1.807) is 18.3 Å². The van der Waals surface area contributed by atoms with Crippen LogP contribution in [0.15, 0.2) is 30.5 Å². The molecule has 1 fully saturated rings. The standard InChI is InChI=1S/C20H22FN5O5S/c1-30-19(27)22-9-14-10-25(24-23-14)11-16-12-26(20(28)31-16)15-2-3-17(18(21)8-15)13-4-6-32(29)7-5-13/h2-4,8,10,16H,5-7,9,11-12H2,1H3,(H,22,27)/t16-,32?/m0/s1. The number of methoxy groups -OCH3 is 1. The lowest BCUT2D eigenvalue weighted by molar-refractivity contribution is 0.129. The van der Waals surface area contributed by atoms with Crippen molar-refractivity contribution in [3.8, 4) is 0 Å². The number of allylic oxidation sites excluding steroid dienone is 1. The van der Waals surface area contributed by atoms with Crippen molar-refractivity contribution in [2.45, 2.75) is 25.6 Å². The summed E-state index contributed by atoms with van der Waals surface area (Å²) >= 11 is -0.880. The zero-order valence-corrected chi connectivity index (χ0v) is 18.1. The van der Waals surface area contributed by atoms with E-state index in [1.807, 2.05) is 6.08 Å². The second-order valence-electron chi connectivity index (χ2n) is 7.35. The molecule has 2 aliphatic rings. The molecule has 1 N–H and O–H groups in total. The third kappa shape index (κ3) is 5.02. The number of nitrogens with zero attached hydrogens (tertiary/aromatic N) is 4. The smallest absolute Gasteiger partial charge is 0.414 e. The Hall–Kier alpha value is -3.12. The molecule has 0 aliphatic carbocycles. The van der Waals surface area contributed by atoms with E-state index in [0.717, 1.165) is 5.57 Å². The number of alkyl carbamates (subject to hydrolysis) is 1. The van der Waals surface area contributed by atoms with E-state index in [-0.39, 0.29) is 19.6 Å². The normalized spacial score (nSPS) is 20.7. The minimum absolute atomic E-state index is 0.154. The number of hydrogen-bond donors (Lipinski definition) is 1. The number of carbonyl (C=O) groups excluding carboxylic acids is 2. The van der Waals surface area contributed by atoms with Crippen LogP contribution < -0.4 is 10.2 Å². The summed E-state index contributed by atoms with van der Waals surface area (Å²) in [6.07, 6.45) is 2.36. The first-order valence-corrected chi connectivity index (χ1v) is 11.4. The second kappa shape index (κ2) is 9.57. The van der Waals surface area contributed by atoms with Crippen molar-refractivity contribution in [2.75, 3.05) is 30.1 Å². The molecule has 3 heterocycles. The zero-order chi connectivity index (χ0) is 22.7. The maximum atomic E-state index is 14.8. The monoisotopic (exact) mass is 463 g/mol. The molecule has 2 amide bonds. The highest BCUT2D eigenvalue weighted by atomic mass is 32.2. The maximum Gasteiger partial charge on any atom is 0.414 e. The molecular formula is C20H22FN5O5S. The van der Waals surface area contributed by atoms with Gasteiger partial charge in [-0.1, -0.05) is 5.21 Å². The Morgan fingerprint density at radius 1 is 1.47 bits per heavy atom. The van der Waals surface area contributed by atoms with E-state index in [2.05, 4.69) is 20.4 Å². The molecule has 0 bridgehead atoms. The van der Waals surface area contributed by atoms with E-state index in [4.69, 9.17) is 4.74 Å². The summed E-state index contributed by atoms with van der Waals surface area (Å²) < 4.78 is 37.7. The number of carbonyl (C=O) groups is 2. The highest BCUT2D eigenvalue weighted by Gasteiger charge is 2.33. The molecule has 2 aliphatic heterocycles. The molecule has 0 saturated carbocycles. The van der Waals surface area contributed by atoms with Crippen LogP contribution in [0.5, 0.6) is 0 Å². The Kier molecular flexibility index (Phi) is 6.61.